The summed E-state index contributed by atoms with van der Waals surface area (Å²) in [5, 5.41) is 3.19. The standard InChI is InChI=1S/C19H24FN3O2S/c1-21-19(22-11-12-26(24)16-7-5-4-6-8-16)23(2)14-15-9-10-18(25-3)17(20)13-15/h4-10,13H,11-12,14H2,1-3H3,(H,21,22). The fraction of sp³-hybridized carbons (Fsp3) is 0.316. The van der Waals surface area contributed by atoms with Gasteiger partial charge in [0.15, 0.2) is 17.5 Å². The second-order valence-corrected chi connectivity index (χ2v) is 7.23. The van der Waals surface area contributed by atoms with Crippen molar-refractivity contribution in [3.05, 3.63) is 59.9 Å². The van der Waals surface area contributed by atoms with E-state index >= 15 is 0 Å². The van der Waals surface area contributed by atoms with Crippen molar-refractivity contribution in [3.63, 3.8) is 0 Å². The third kappa shape index (κ3) is 5.56. The van der Waals surface area contributed by atoms with Crippen molar-refractivity contribution in [2.24, 2.45) is 4.99 Å². The third-order valence-electron chi connectivity index (χ3n) is 3.79. The van der Waals surface area contributed by atoms with E-state index in [1.807, 2.05) is 48.3 Å². The average Bonchev–Trinajstić information content (AvgIpc) is 2.66. The van der Waals surface area contributed by atoms with Crippen LogP contribution in [-0.4, -0.2) is 48.6 Å². The Labute approximate surface area is 156 Å². The molecule has 26 heavy (non-hydrogen) atoms. The Balaban J connectivity index is 1.87. The maximum absolute atomic E-state index is 13.8. The molecule has 0 aliphatic carbocycles. The highest BCUT2D eigenvalue weighted by Gasteiger charge is 2.10. The molecule has 0 aliphatic heterocycles. The monoisotopic (exact) mass is 377 g/mol. The molecule has 0 saturated heterocycles. The van der Waals surface area contributed by atoms with Crippen molar-refractivity contribution in [1.29, 1.82) is 0 Å². The van der Waals surface area contributed by atoms with Crippen LogP contribution in [0.5, 0.6) is 5.75 Å². The molecule has 0 saturated carbocycles. The number of rotatable bonds is 7. The molecule has 0 aromatic heterocycles. The number of benzene rings is 2. The maximum Gasteiger partial charge on any atom is 0.193 e. The minimum atomic E-state index is -1.06. The minimum absolute atomic E-state index is 0.224. The van der Waals surface area contributed by atoms with Crippen molar-refractivity contribution >= 4 is 16.8 Å². The number of halogens is 1. The molecule has 1 unspecified atom stereocenters. The second-order valence-electron chi connectivity index (χ2n) is 5.66. The number of nitrogens with zero attached hydrogens (tertiary/aromatic N) is 2. The lowest BCUT2D eigenvalue weighted by molar-refractivity contribution is 0.385. The molecule has 0 amide bonds. The number of hydrogen-bond donors (Lipinski definition) is 1. The quantitative estimate of drug-likeness (QED) is 0.595. The first kappa shape index (κ1) is 19.9. The van der Waals surface area contributed by atoms with Crippen molar-refractivity contribution in [1.82, 2.24) is 10.2 Å². The van der Waals surface area contributed by atoms with Crippen LogP contribution in [-0.2, 0) is 17.3 Å². The summed E-state index contributed by atoms with van der Waals surface area (Å²) in [6.07, 6.45) is 0. The fourth-order valence-corrected chi connectivity index (χ4v) is 3.47. The van der Waals surface area contributed by atoms with E-state index in [9.17, 15) is 8.60 Å². The van der Waals surface area contributed by atoms with Gasteiger partial charge in [0.1, 0.15) is 0 Å². The predicted molar refractivity (Wildman–Crippen MR) is 103 cm³/mol. The zero-order chi connectivity index (χ0) is 18.9. The van der Waals surface area contributed by atoms with Crippen LogP contribution >= 0.6 is 0 Å². The maximum atomic E-state index is 13.8. The van der Waals surface area contributed by atoms with Gasteiger partial charge in [-0.05, 0) is 29.8 Å². The highest BCUT2D eigenvalue weighted by atomic mass is 32.2. The summed E-state index contributed by atoms with van der Waals surface area (Å²) in [5.41, 5.74) is 0.807. The Morgan fingerprint density at radius 2 is 2.00 bits per heavy atom. The Kier molecular flexibility index (Phi) is 7.59. The molecule has 0 bridgehead atoms. The SMILES string of the molecule is CN=C(NCCS(=O)c1ccccc1)N(C)Cc1ccc(OC)c(F)c1. The molecule has 1 atom stereocenters. The van der Waals surface area contributed by atoms with Crippen LogP contribution in [0.2, 0.25) is 0 Å². The topological polar surface area (TPSA) is 53.9 Å². The second kappa shape index (κ2) is 9.91. The first-order valence-corrected chi connectivity index (χ1v) is 9.54. The van der Waals surface area contributed by atoms with E-state index in [0.717, 1.165) is 10.5 Å². The zero-order valence-electron chi connectivity index (χ0n) is 15.2. The molecule has 0 spiro atoms. The fourth-order valence-electron chi connectivity index (χ4n) is 2.49. The summed E-state index contributed by atoms with van der Waals surface area (Å²) in [6.45, 7) is 1.01. The number of ether oxygens (including phenoxy) is 1. The molecule has 140 valence electrons. The first-order chi connectivity index (χ1) is 12.5. The number of nitrogens with one attached hydrogen (secondary N) is 1. The molecule has 2 aromatic rings. The van der Waals surface area contributed by atoms with Gasteiger partial charge in [-0.3, -0.25) is 9.20 Å². The molecule has 2 aromatic carbocycles. The van der Waals surface area contributed by atoms with Gasteiger partial charge in [0.2, 0.25) is 0 Å². The average molecular weight is 377 g/mol. The largest absolute Gasteiger partial charge is 0.494 e. The first-order valence-electron chi connectivity index (χ1n) is 8.22. The molecular formula is C19H24FN3O2S. The van der Waals surface area contributed by atoms with Crippen molar-refractivity contribution < 1.29 is 13.3 Å². The summed E-state index contributed by atoms with van der Waals surface area (Å²) in [7, 11) is 3.93. The summed E-state index contributed by atoms with van der Waals surface area (Å²) in [5.74, 6) is 0.974. The molecule has 0 radical (unpaired) electrons. The van der Waals surface area contributed by atoms with Gasteiger partial charge >= 0.3 is 0 Å². The summed E-state index contributed by atoms with van der Waals surface area (Å²) >= 11 is 0. The number of guanidine groups is 1. The van der Waals surface area contributed by atoms with E-state index in [0.29, 0.717) is 24.8 Å². The van der Waals surface area contributed by atoms with Gasteiger partial charge in [0.05, 0.1) is 17.9 Å². The lowest BCUT2D eigenvalue weighted by Gasteiger charge is -2.22. The van der Waals surface area contributed by atoms with Crippen LogP contribution in [0.1, 0.15) is 5.56 Å². The van der Waals surface area contributed by atoms with Crippen molar-refractivity contribution in [2.75, 3.05) is 33.5 Å². The normalized spacial score (nSPS) is 12.5. The van der Waals surface area contributed by atoms with E-state index in [-0.39, 0.29) is 11.6 Å². The van der Waals surface area contributed by atoms with E-state index in [2.05, 4.69) is 10.3 Å². The highest BCUT2D eigenvalue weighted by Crippen LogP contribution is 2.18. The van der Waals surface area contributed by atoms with Gasteiger partial charge in [0, 0.05) is 37.8 Å². The molecule has 0 heterocycles. The molecule has 1 N–H and O–H groups in total. The highest BCUT2D eigenvalue weighted by molar-refractivity contribution is 7.85. The van der Waals surface area contributed by atoms with E-state index in [1.165, 1.54) is 13.2 Å². The molecule has 0 aliphatic rings. The molecule has 0 fully saturated rings. The third-order valence-corrected chi connectivity index (χ3v) is 5.16. The van der Waals surface area contributed by atoms with E-state index in [1.54, 1.807) is 13.1 Å². The summed E-state index contributed by atoms with van der Waals surface area (Å²) in [6, 6.07) is 14.2. The number of methoxy groups -OCH3 is 1. The van der Waals surface area contributed by atoms with E-state index < -0.39 is 10.8 Å². The summed E-state index contributed by atoms with van der Waals surface area (Å²) < 4.78 is 31.0. The minimum Gasteiger partial charge on any atom is -0.494 e. The molecule has 2 rings (SSSR count). The van der Waals surface area contributed by atoms with Gasteiger partial charge < -0.3 is 15.0 Å². The lowest BCUT2D eigenvalue weighted by Crippen LogP contribution is -2.40. The van der Waals surface area contributed by atoms with Crippen molar-refractivity contribution in [3.8, 4) is 5.75 Å². The van der Waals surface area contributed by atoms with Gasteiger partial charge in [0.25, 0.3) is 0 Å². The van der Waals surface area contributed by atoms with Crippen molar-refractivity contribution in [2.45, 2.75) is 11.4 Å². The van der Waals surface area contributed by atoms with Crippen LogP contribution in [0, 0.1) is 5.82 Å². The van der Waals surface area contributed by atoms with Crippen LogP contribution in [0.4, 0.5) is 4.39 Å². The Morgan fingerprint density at radius 1 is 1.27 bits per heavy atom. The van der Waals surface area contributed by atoms with Gasteiger partial charge in [-0.2, -0.15) is 0 Å². The van der Waals surface area contributed by atoms with Crippen LogP contribution in [0.3, 0.4) is 0 Å². The Hall–Kier alpha value is -2.41. The Morgan fingerprint density at radius 3 is 2.62 bits per heavy atom. The van der Waals surface area contributed by atoms with E-state index in [4.69, 9.17) is 4.74 Å². The zero-order valence-corrected chi connectivity index (χ0v) is 16.1. The molecule has 5 nitrogen and oxygen atoms in total. The number of aliphatic imine (C=N–C) groups is 1. The predicted octanol–water partition coefficient (Wildman–Crippen LogP) is 2.65. The number of hydrogen-bond acceptors (Lipinski definition) is 3. The van der Waals surface area contributed by atoms with Crippen LogP contribution in [0.25, 0.3) is 0 Å². The van der Waals surface area contributed by atoms with Crippen LogP contribution in [0.15, 0.2) is 58.4 Å². The Bertz CT molecular complexity index is 769. The summed E-state index contributed by atoms with van der Waals surface area (Å²) in [4.78, 5) is 6.92. The van der Waals surface area contributed by atoms with Gasteiger partial charge in [-0.25, -0.2) is 4.39 Å². The lowest BCUT2D eigenvalue weighted by atomic mass is 10.2. The van der Waals surface area contributed by atoms with Gasteiger partial charge in [-0.15, -0.1) is 0 Å². The van der Waals surface area contributed by atoms with Gasteiger partial charge in [-0.1, -0.05) is 24.3 Å². The smallest absolute Gasteiger partial charge is 0.193 e. The molecular weight excluding hydrogens is 353 g/mol. The molecule has 7 heteroatoms. The van der Waals surface area contributed by atoms with Crippen LogP contribution < -0.4 is 10.1 Å².